The van der Waals surface area contributed by atoms with Crippen LogP contribution in [0.15, 0.2) is 0 Å². The molecule has 2 fully saturated rings. The zero-order valence-electron chi connectivity index (χ0n) is 11.1. The topological polar surface area (TPSA) is 15.3 Å². The average molecular weight is 224 g/mol. The number of rotatable bonds is 4. The first-order chi connectivity index (χ1) is 7.79. The molecule has 16 heavy (non-hydrogen) atoms. The SMILES string of the molecule is CCC1CCCN1CC1(CC)CCNCC1. The largest absolute Gasteiger partial charge is 0.317 e. The van der Waals surface area contributed by atoms with Crippen molar-refractivity contribution in [2.75, 3.05) is 26.2 Å². The smallest absolute Gasteiger partial charge is 0.00933 e. The van der Waals surface area contributed by atoms with Crippen LogP contribution >= 0.6 is 0 Å². The van der Waals surface area contributed by atoms with Gasteiger partial charge in [-0.3, -0.25) is 4.90 Å². The summed E-state index contributed by atoms with van der Waals surface area (Å²) in [6.07, 6.45) is 8.34. The number of nitrogens with one attached hydrogen (secondary N) is 1. The third kappa shape index (κ3) is 2.60. The number of hydrogen-bond donors (Lipinski definition) is 1. The summed E-state index contributed by atoms with van der Waals surface area (Å²) in [5.74, 6) is 0. The highest BCUT2D eigenvalue weighted by molar-refractivity contribution is 4.90. The molecule has 0 bridgehead atoms. The summed E-state index contributed by atoms with van der Waals surface area (Å²) in [5, 5.41) is 3.51. The Kier molecular flexibility index (Phi) is 4.26. The van der Waals surface area contributed by atoms with Gasteiger partial charge >= 0.3 is 0 Å². The van der Waals surface area contributed by atoms with Gasteiger partial charge in [0.2, 0.25) is 0 Å². The van der Waals surface area contributed by atoms with Crippen LogP contribution in [0.3, 0.4) is 0 Å². The lowest BCUT2D eigenvalue weighted by Crippen LogP contribution is -2.45. The van der Waals surface area contributed by atoms with Gasteiger partial charge in [0.25, 0.3) is 0 Å². The van der Waals surface area contributed by atoms with Crippen LogP contribution in [-0.4, -0.2) is 37.1 Å². The van der Waals surface area contributed by atoms with Crippen LogP contribution in [-0.2, 0) is 0 Å². The fourth-order valence-electron chi connectivity index (χ4n) is 3.58. The van der Waals surface area contributed by atoms with Gasteiger partial charge in [-0.25, -0.2) is 0 Å². The Balaban J connectivity index is 1.94. The van der Waals surface area contributed by atoms with Crippen LogP contribution in [0.25, 0.3) is 0 Å². The molecule has 2 nitrogen and oxygen atoms in total. The molecule has 0 aromatic carbocycles. The van der Waals surface area contributed by atoms with E-state index in [-0.39, 0.29) is 0 Å². The summed E-state index contributed by atoms with van der Waals surface area (Å²) in [6, 6.07) is 0.887. The van der Waals surface area contributed by atoms with Gasteiger partial charge in [0.1, 0.15) is 0 Å². The minimum Gasteiger partial charge on any atom is -0.317 e. The maximum atomic E-state index is 3.51. The summed E-state index contributed by atoms with van der Waals surface area (Å²) in [6.45, 7) is 9.93. The maximum Gasteiger partial charge on any atom is 0.00933 e. The molecule has 2 heterocycles. The van der Waals surface area contributed by atoms with Crippen molar-refractivity contribution in [2.24, 2.45) is 5.41 Å². The molecule has 0 aromatic rings. The number of hydrogen-bond acceptors (Lipinski definition) is 2. The molecule has 0 radical (unpaired) electrons. The fraction of sp³-hybridized carbons (Fsp3) is 1.00. The summed E-state index contributed by atoms with van der Waals surface area (Å²) in [4.78, 5) is 2.79. The molecule has 1 N–H and O–H groups in total. The molecule has 1 unspecified atom stereocenters. The van der Waals surface area contributed by atoms with Gasteiger partial charge in [-0.2, -0.15) is 0 Å². The molecule has 2 heteroatoms. The molecule has 2 rings (SSSR count). The molecule has 0 aliphatic carbocycles. The molecule has 0 spiro atoms. The van der Waals surface area contributed by atoms with Gasteiger partial charge in [0.05, 0.1) is 0 Å². The van der Waals surface area contributed by atoms with E-state index in [0.717, 1.165) is 6.04 Å². The van der Waals surface area contributed by atoms with E-state index in [9.17, 15) is 0 Å². The Bertz CT molecular complexity index is 209. The molecule has 0 aromatic heterocycles. The zero-order chi connectivity index (χ0) is 11.4. The van der Waals surface area contributed by atoms with E-state index in [0.29, 0.717) is 5.41 Å². The molecule has 0 saturated carbocycles. The zero-order valence-corrected chi connectivity index (χ0v) is 11.1. The van der Waals surface area contributed by atoms with Crippen molar-refractivity contribution in [2.45, 2.75) is 58.4 Å². The maximum absolute atomic E-state index is 3.51. The first kappa shape index (κ1) is 12.4. The van der Waals surface area contributed by atoms with Crippen molar-refractivity contribution >= 4 is 0 Å². The highest BCUT2D eigenvalue weighted by Crippen LogP contribution is 2.35. The van der Waals surface area contributed by atoms with E-state index in [1.165, 1.54) is 64.7 Å². The highest BCUT2D eigenvalue weighted by Gasteiger charge is 2.35. The Morgan fingerprint density at radius 2 is 2.00 bits per heavy atom. The second kappa shape index (κ2) is 5.50. The minimum absolute atomic E-state index is 0.628. The lowest BCUT2D eigenvalue weighted by Gasteiger charge is -2.41. The highest BCUT2D eigenvalue weighted by atomic mass is 15.2. The van der Waals surface area contributed by atoms with Crippen molar-refractivity contribution < 1.29 is 0 Å². The van der Waals surface area contributed by atoms with Gasteiger partial charge < -0.3 is 5.32 Å². The normalized spacial score (nSPS) is 30.8. The Morgan fingerprint density at radius 3 is 2.62 bits per heavy atom. The van der Waals surface area contributed by atoms with Gasteiger partial charge in [0.15, 0.2) is 0 Å². The number of likely N-dealkylation sites (tertiary alicyclic amines) is 1. The van der Waals surface area contributed by atoms with Crippen molar-refractivity contribution in [1.29, 1.82) is 0 Å². The first-order valence-corrected chi connectivity index (χ1v) is 7.24. The third-order valence-electron chi connectivity index (χ3n) is 4.92. The quantitative estimate of drug-likeness (QED) is 0.790. The number of nitrogens with zero attached hydrogens (tertiary/aromatic N) is 1. The molecule has 0 amide bonds. The molecular weight excluding hydrogens is 196 g/mol. The van der Waals surface area contributed by atoms with Gasteiger partial charge in [-0.15, -0.1) is 0 Å². The third-order valence-corrected chi connectivity index (χ3v) is 4.92. The second-order valence-corrected chi connectivity index (χ2v) is 5.78. The lowest BCUT2D eigenvalue weighted by molar-refractivity contribution is 0.0973. The molecule has 1 atom stereocenters. The molecule has 2 aliphatic rings. The minimum atomic E-state index is 0.628. The van der Waals surface area contributed by atoms with Gasteiger partial charge in [0, 0.05) is 12.6 Å². The molecule has 2 aliphatic heterocycles. The van der Waals surface area contributed by atoms with Crippen molar-refractivity contribution in [1.82, 2.24) is 10.2 Å². The number of piperidine rings is 1. The standard InChI is InChI=1S/C14H28N2/c1-3-13-6-5-11-16(13)12-14(4-2)7-9-15-10-8-14/h13,15H,3-12H2,1-2H3. The Hall–Kier alpha value is -0.0800. The van der Waals surface area contributed by atoms with E-state index in [2.05, 4.69) is 24.1 Å². The van der Waals surface area contributed by atoms with E-state index in [4.69, 9.17) is 0 Å². The molecule has 94 valence electrons. The lowest BCUT2D eigenvalue weighted by atomic mass is 9.76. The Morgan fingerprint density at radius 1 is 1.25 bits per heavy atom. The van der Waals surface area contributed by atoms with E-state index >= 15 is 0 Å². The van der Waals surface area contributed by atoms with Crippen molar-refractivity contribution in [3.05, 3.63) is 0 Å². The van der Waals surface area contributed by atoms with Gasteiger partial charge in [-0.05, 0) is 63.6 Å². The van der Waals surface area contributed by atoms with Crippen molar-refractivity contribution in [3.8, 4) is 0 Å². The van der Waals surface area contributed by atoms with E-state index in [1.807, 2.05) is 0 Å². The fourth-order valence-corrected chi connectivity index (χ4v) is 3.58. The predicted octanol–water partition coefficient (Wildman–Crippen LogP) is 2.64. The predicted molar refractivity (Wildman–Crippen MR) is 69.7 cm³/mol. The molecule has 2 saturated heterocycles. The van der Waals surface area contributed by atoms with Crippen LogP contribution < -0.4 is 5.32 Å². The van der Waals surface area contributed by atoms with E-state index < -0.39 is 0 Å². The van der Waals surface area contributed by atoms with Crippen LogP contribution in [0.4, 0.5) is 0 Å². The molecular formula is C14H28N2. The van der Waals surface area contributed by atoms with Gasteiger partial charge in [-0.1, -0.05) is 13.8 Å². The first-order valence-electron chi connectivity index (χ1n) is 7.24. The Labute approximate surface area is 101 Å². The van der Waals surface area contributed by atoms with Crippen LogP contribution in [0.5, 0.6) is 0 Å². The van der Waals surface area contributed by atoms with Crippen LogP contribution in [0.2, 0.25) is 0 Å². The summed E-state index contributed by atoms with van der Waals surface area (Å²) >= 11 is 0. The van der Waals surface area contributed by atoms with Crippen molar-refractivity contribution in [3.63, 3.8) is 0 Å². The average Bonchev–Trinajstić information content (AvgIpc) is 2.77. The van der Waals surface area contributed by atoms with E-state index in [1.54, 1.807) is 0 Å². The summed E-state index contributed by atoms with van der Waals surface area (Å²) in [7, 11) is 0. The monoisotopic (exact) mass is 224 g/mol. The van der Waals surface area contributed by atoms with Crippen LogP contribution in [0, 0.1) is 5.41 Å². The summed E-state index contributed by atoms with van der Waals surface area (Å²) in [5.41, 5.74) is 0.628. The second-order valence-electron chi connectivity index (χ2n) is 5.78. The summed E-state index contributed by atoms with van der Waals surface area (Å²) < 4.78 is 0. The van der Waals surface area contributed by atoms with Crippen LogP contribution in [0.1, 0.15) is 52.4 Å².